The maximum absolute atomic E-state index is 12.0. The van der Waals surface area contributed by atoms with Crippen molar-refractivity contribution in [2.24, 2.45) is 7.05 Å². The molecule has 0 aliphatic rings. The molecule has 19 heavy (non-hydrogen) atoms. The number of hydrogen-bond donors (Lipinski definition) is 2. The first kappa shape index (κ1) is 13.7. The molecule has 6 nitrogen and oxygen atoms in total. The molecule has 0 aliphatic carbocycles. The van der Waals surface area contributed by atoms with Crippen LogP contribution < -0.4 is 4.72 Å². The summed E-state index contributed by atoms with van der Waals surface area (Å²) in [4.78, 5) is 0.175. The van der Waals surface area contributed by atoms with E-state index in [4.69, 9.17) is 5.11 Å². The van der Waals surface area contributed by atoms with Crippen LogP contribution in [0.5, 0.6) is 0 Å². The van der Waals surface area contributed by atoms with Crippen molar-refractivity contribution in [2.75, 3.05) is 0 Å². The first-order valence-corrected chi connectivity index (χ1v) is 7.16. The maximum Gasteiger partial charge on any atom is 0.240 e. The summed E-state index contributed by atoms with van der Waals surface area (Å²) in [7, 11) is -1.77. The Morgan fingerprint density at radius 1 is 1.26 bits per heavy atom. The number of aryl methyl sites for hydroxylation is 1. The molecule has 1 heterocycles. The summed E-state index contributed by atoms with van der Waals surface area (Å²) in [5.74, 6) is 0. The molecule has 0 atom stereocenters. The molecule has 2 N–H and O–H groups in total. The minimum atomic E-state index is -3.54. The van der Waals surface area contributed by atoms with Crippen LogP contribution in [-0.2, 0) is 30.2 Å². The highest BCUT2D eigenvalue weighted by Crippen LogP contribution is 2.11. The van der Waals surface area contributed by atoms with Crippen LogP contribution in [0.4, 0.5) is 0 Å². The van der Waals surface area contributed by atoms with E-state index >= 15 is 0 Å². The van der Waals surface area contributed by atoms with E-state index < -0.39 is 10.0 Å². The third-order valence-electron chi connectivity index (χ3n) is 2.64. The molecule has 2 rings (SSSR count). The predicted molar refractivity (Wildman–Crippen MR) is 69.6 cm³/mol. The van der Waals surface area contributed by atoms with Gasteiger partial charge in [0.25, 0.3) is 0 Å². The van der Waals surface area contributed by atoms with E-state index in [2.05, 4.69) is 9.82 Å². The molecule has 0 unspecified atom stereocenters. The van der Waals surface area contributed by atoms with E-state index in [1.807, 2.05) is 0 Å². The third-order valence-corrected chi connectivity index (χ3v) is 4.06. The van der Waals surface area contributed by atoms with E-state index in [0.717, 1.165) is 5.56 Å². The van der Waals surface area contributed by atoms with Crippen molar-refractivity contribution in [3.8, 4) is 0 Å². The molecule has 0 fully saturated rings. The SMILES string of the molecule is Cn1cc(CNS(=O)(=O)c2ccc(CO)cc2)cn1. The lowest BCUT2D eigenvalue weighted by atomic mass is 10.2. The lowest BCUT2D eigenvalue weighted by Crippen LogP contribution is -2.23. The number of aliphatic hydroxyl groups is 1. The molecule has 0 saturated heterocycles. The minimum Gasteiger partial charge on any atom is -0.392 e. The Labute approximate surface area is 111 Å². The Morgan fingerprint density at radius 2 is 1.95 bits per heavy atom. The smallest absolute Gasteiger partial charge is 0.240 e. The second kappa shape index (κ2) is 5.52. The fourth-order valence-electron chi connectivity index (χ4n) is 1.60. The second-order valence-electron chi connectivity index (χ2n) is 4.15. The Hall–Kier alpha value is -1.70. The number of benzene rings is 1. The van der Waals surface area contributed by atoms with Gasteiger partial charge >= 0.3 is 0 Å². The van der Waals surface area contributed by atoms with Gasteiger partial charge in [0.05, 0.1) is 17.7 Å². The Balaban J connectivity index is 2.09. The van der Waals surface area contributed by atoms with Crippen molar-refractivity contribution >= 4 is 10.0 Å². The summed E-state index contributed by atoms with van der Waals surface area (Å²) in [5.41, 5.74) is 1.46. The van der Waals surface area contributed by atoms with Crippen molar-refractivity contribution in [3.63, 3.8) is 0 Å². The third kappa shape index (κ3) is 3.40. The highest BCUT2D eigenvalue weighted by Gasteiger charge is 2.13. The van der Waals surface area contributed by atoms with Crippen molar-refractivity contribution in [1.82, 2.24) is 14.5 Å². The number of aromatic nitrogens is 2. The van der Waals surface area contributed by atoms with Crippen molar-refractivity contribution < 1.29 is 13.5 Å². The lowest BCUT2D eigenvalue weighted by molar-refractivity contribution is 0.282. The predicted octanol–water partition coefficient (Wildman–Crippen LogP) is 0.391. The largest absolute Gasteiger partial charge is 0.392 e. The first-order chi connectivity index (χ1) is 9.01. The topological polar surface area (TPSA) is 84.2 Å². The molecule has 0 amide bonds. The number of rotatable bonds is 5. The van der Waals surface area contributed by atoms with Gasteiger partial charge in [0.1, 0.15) is 0 Å². The van der Waals surface area contributed by atoms with Gasteiger partial charge in [0.2, 0.25) is 10.0 Å². The Morgan fingerprint density at radius 3 is 2.47 bits per heavy atom. The van der Waals surface area contributed by atoms with Gasteiger partial charge in [-0.05, 0) is 17.7 Å². The average Bonchev–Trinajstić information content (AvgIpc) is 2.82. The summed E-state index contributed by atoms with van der Waals surface area (Å²) < 4.78 is 28.1. The number of hydrogen-bond acceptors (Lipinski definition) is 4. The summed E-state index contributed by atoms with van der Waals surface area (Å²) in [6.45, 7) is 0.0847. The van der Waals surface area contributed by atoms with Crippen LogP contribution in [0.25, 0.3) is 0 Å². The number of nitrogens with one attached hydrogen (secondary N) is 1. The molecule has 0 bridgehead atoms. The molecule has 0 aliphatic heterocycles. The standard InChI is InChI=1S/C12H15N3O3S/c1-15-8-11(6-13-15)7-14-19(17,18)12-4-2-10(9-16)3-5-12/h2-6,8,14,16H,7,9H2,1H3. The van der Waals surface area contributed by atoms with Crippen molar-refractivity contribution in [2.45, 2.75) is 18.0 Å². The fourth-order valence-corrected chi connectivity index (χ4v) is 2.62. The molecule has 102 valence electrons. The van der Waals surface area contributed by atoms with Gasteiger partial charge in [-0.15, -0.1) is 0 Å². The molecule has 7 heteroatoms. The highest BCUT2D eigenvalue weighted by molar-refractivity contribution is 7.89. The van der Waals surface area contributed by atoms with E-state index in [0.29, 0.717) is 5.56 Å². The van der Waals surface area contributed by atoms with Crippen LogP contribution in [0.3, 0.4) is 0 Å². The molecular formula is C12H15N3O3S. The van der Waals surface area contributed by atoms with Gasteiger partial charge in [0, 0.05) is 25.4 Å². The lowest BCUT2D eigenvalue weighted by Gasteiger charge is -2.06. The average molecular weight is 281 g/mol. The van der Waals surface area contributed by atoms with Gasteiger partial charge in [-0.3, -0.25) is 4.68 Å². The van der Waals surface area contributed by atoms with Crippen molar-refractivity contribution in [1.29, 1.82) is 0 Å². The highest BCUT2D eigenvalue weighted by atomic mass is 32.2. The molecule has 1 aromatic heterocycles. The van der Waals surface area contributed by atoms with Gasteiger partial charge in [-0.25, -0.2) is 13.1 Å². The Kier molecular flexibility index (Phi) is 3.98. The summed E-state index contributed by atoms with van der Waals surface area (Å²) in [6.07, 6.45) is 3.36. The van der Waals surface area contributed by atoms with Crippen molar-refractivity contribution in [3.05, 3.63) is 47.8 Å². The van der Waals surface area contributed by atoms with Crippen LogP contribution in [-0.4, -0.2) is 23.3 Å². The molecule has 1 aromatic carbocycles. The van der Waals surface area contributed by atoms with E-state index in [1.165, 1.54) is 12.1 Å². The number of aliphatic hydroxyl groups excluding tert-OH is 1. The van der Waals surface area contributed by atoms with Gasteiger partial charge < -0.3 is 5.11 Å². The van der Waals surface area contributed by atoms with Crippen LogP contribution in [0.2, 0.25) is 0 Å². The van der Waals surface area contributed by atoms with Gasteiger partial charge in [-0.2, -0.15) is 5.10 Å². The number of sulfonamides is 1. The molecule has 2 aromatic rings. The van der Waals surface area contributed by atoms with E-state index in [-0.39, 0.29) is 18.0 Å². The maximum atomic E-state index is 12.0. The van der Waals surface area contributed by atoms with E-state index in [1.54, 1.807) is 36.3 Å². The van der Waals surface area contributed by atoms with Gasteiger partial charge in [-0.1, -0.05) is 12.1 Å². The molecule has 0 radical (unpaired) electrons. The quantitative estimate of drug-likeness (QED) is 0.830. The molecular weight excluding hydrogens is 266 g/mol. The second-order valence-corrected chi connectivity index (χ2v) is 5.92. The molecule has 0 spiro atoms. The fraction of sp³-hybridized carbons (Fsp3) is 0.250. The van der Waals surface area contributed by atoms with Gasteiger partial charge in [0.15, 0.2) is 0 Å². The zero-order chi connectivity index (χ0) is 13.9. The van der Waals surface area contributed by atoms with E-state index in [9.17, 15) is 8.42 Å². The first-order valence-electron chi connectivity index (χ1n) is 5.68. The summed E-state index contributed by atoms with van der Waals surface area (Å²) in [6, 6.07) is 6.10. The Bertz CT molecular complexity index is 647. The van der Waals surface area contributed by atoms with Crippen LogP contribution in [0.1, 0.15) is 11.1 Å². The minimum absolute atomic E-state index is 0.108. The zero-order valence-electron chi connectivity index (χ0n) is 10.4. The van der Waals surface area contributed by atoms with Crippen LogP contribution in [0.15, 0.2) is 41.6 Å². The normalized spacial score (nSPS) is 11.7. The zero-order valence-corrected chi connectivity index (χ0v) is 11.3. The summed E-state index contributed by atoms with van der Waals surface area (Å²) in [5, 5.41) is 12.9. The molecule has 0 saturated carbocycles. The number of nitrogens with zero attached hydrogens (tertiary/aromatic N) is 2. The van der Waals surface area contributed by atoms with Crippen LogP contribution in [0, 0.1) is 0 Å². The van der Waals surface area contributed by atoms with Crippen LogP contribution >= 0.6 is 0 Å². The monoisotopic (exact) mass is 281 g/mol. The summed E-state index contributed by atoms with van der Waals surface area (Å²) >= 11 is 0.